The summed E-state index contributed by atoms with van der Waals surface area (Å²) in [5.41, 5.74) is 0.676. The van der Waals surface area contributed by atoms with Gasteiger partial charge in [-0.25, -0.2) is 0 Å². The van der Waals surface area contributed by atoms with Crippen LogP contribution in [-0.4, -0.2) is 21.5 Å². The summed E-state index contributed by atoms with van der Waals surface area (Å²) in [6.07, 6.45) is 1.20. The molecule has 0 bridgehead atoms. The van der Waals surface area contributed by atoms with Gasteiger partial charge in [-0.1, -0.05) is 57.3 Å². The third-order valence-corrected chi connectivity index (χ3v) is 4.15. The number of carbonyl (C=O) groups is 2. The number of aliphatic carboxylic acids is 1. The Morgan fingerprint density at radius 2 is 1.89 bits per heavy atom. The maximum absolute atomic E-state index is 11.4. The molecule has 0 saturated carbocycles. The molecule has 4 nitrogen and oxygen atoms in total. The lowest BCUT2D eigenvalue weighted by molar-refractivity contribution is -0.136. The Balaban J connectivity index is 2.60. The predicted molar refractivity (Wildman–Crippen MR) is 84.6 cm³/mol. The number of ether oxygens (including phenoxy) is 1. The Kier molecular flexibility index (Phi) is 6.90. The lowest BCUT2D eigenvalue weighted by atomic mass is 10.1. The van der Waals surface area contributed by atoms with E-state index in [0.29, 0.717) is 17.7 Å². The van der Waals surface area contributed by atoms with Crippen molar-refractivity contribution in [1.82, 2.24) is 0 Å². The van der Waals surface area contributed by atoms with Crippen molar-refractivity contribution in [2.75, 3.05) is 4.43 Å². The molecule has 0 aliphatic carbocycles. The van der Waals surface area contributed by atoms with Gasteiger partial charge in [0.15, 0.2) is 0 Å². The minimum absolute atomic E-state index is 0.260. The smallest absolute Gasteiger partial charge is 0.320 e. The highest BCUT2D eigenvalue weighted by Crippen LogP contribution is 2.25. The minimum Gasteiger partial charge on any atom is -0.480 e. The van der Waals surface area contributed by atoms with Gasteiger partial charge in [-0.3, -0.25) is 9.59 Å². The number of halogens is 2. The van der Waals surface area contributed by atoms with Gasteiger partial charge in [-0.15, -0.1) is 0 Å². The maximum Gasteiger partial charge on any atom is 0.320 e. The Morgan fingerprint density at radius 3 is 2.39 bits per heavy atom. The van der Waals surface area contributed by atoms with E-state index in [-0.39, 0.29) is 5.97 Å². The van der Waals surface area contributed by atoms with Crippen LogP contribution in [0, 0.1) is 0 Å². The van der Waals surface area contributed by atoms with Gasteiger partial charge in [0.2, 0.25) is 0 Å². The van der Waals surface area contributed by atoms with Gasteiger partial charge in [-0.05, 0) is 24.1 Å². The topological polar surface area (TPSA) is 63.6 Å². The highest BCUT2D eigenvalue weighted by atomic mass is 127. The second kappa shape index (κ2) is 7.93. The predicted octanol–water partition coefficient (Wildman–Crippen LogP) is 3.37. The molecule has 1 aromatic carbocycles. The van der Waals surface area contributed by atoms with E-state index < -0.39 is 9.89 Å². The fraction of sp³-hybridized carbons (Fsp3) is 0.333. The second-order valence-corrected chi connectivity index (χ2v) is 5.86. The number of hydrogen-bond acceptors (Lipinski definition) is 3. The number of carbonyl (C=O) groups excluding carboxylic acids is 1. The highest BCUT2D eigenvalue weighted by molar-refractivity contribution is 14.1. The van der Waals surface area contributed by atoms with Crippen LogP contribution in [0.5, 0.6) is 5.75 Å². The van der Waals surface area contributed by atoms with Crippen molar-refractivity contribution in [2.24, 2.45) is 0 Å². The molecule has 0 radical (unpaired) electrons. The number of esters is 1. The number of carboxylic acids is 1. The van der Waals surface area contributed by atoms with Crippen molar-refractivity contribution in [3.8, 4) is 5.75 Å². The second-order valence-electron chi connectivity index (χ2n) is 3.54. The summed E-state index contributed by atoms with van der Waals surface area (Å²) in [5, 5.41) is 8.85. The Hall–Kier alpha value is -0.380. The lowest BCUT2D eigenvalue weighted by Gasteiger charge is -2.07. The molecule has 1 unspecified atom stereocenters. The van der Waals surface area contributed by atoms with Crippen molar-refractivity contribution in [3.63, 3.8) is 0 Å². The van der Waals surface area contributed by atoms with E-state index in [0.717, 1.165) is 10.8 Å². The van der Waals surface area contributed by atoms with Gasteiger partial charge in [0, 0.05) is 10.8 Å². The number of carboxylic acid groups (broad SMARTS) is 1. The normalized spacial score (nSPS) is 11.9. The summed E-state index contributed by atoms with van der Waals surface area (Å²) in [6, 6.07) is 6.55. The molecule has 18 heavy (non-hydrogen) atoms. The summed E-state index contributed by atoms with van der Waals surface area (Å²) in [5.74, 6) is -0.697. The highest BCUT2D eigenvalue weighted by Gasteiger charge is 2.15. The lowest BCUT2D eigenvalue weighted by Crippen LogP contribution is -2.08. The molecule has 0 aliphatic rings. The third-order valence-electron chi connectivity index (χ3n) is 2.14. The molecule has 0 heterocycles. The maximum atomic E-state index is 11.4. The van der Waals surface area contributed by atoms with E-state index in [1.54, 1.807) is 24.3 Å². The van der Waals surface area contributed by atoms with E-state index in [9.17, 15) is 9.59 Å². The number of hydrogen-bond donors (Lipinski definition) is 1. The SMILES string of the molecule is O=C(CCCI)Oc1ccc(C(I)C(=O)O)cc1. The van der Waals surface area contributed by atoms with Crippen LogP contribution in [-0.2, 0) is 9.59 Å². The first kappa shape index (κ1) is 15.7. The quantitative estimate of drug-likeness (QED) is 0.298. The van der Waals surface area contributed by atoms with Crippen LogP contribution < -0.4 is 4.74 Å². The zero-order valence-electron chi connectivity index (χ0n) is 9.44. The first-order valence-corrected chi connectivity index (χ1v) is 8.05. The Labute approximate surface area is 132 Å². The van der Waals surface area contributed by atoms with Crippen LogP contribution in [0.4, 0.5) is 0 Å². The van der Waals surface area contributed by atoms with Crippen molar-refractivity contribution in [2.45, 2.75) is 16.8 Å². The summed E-state index contributed by atoms with van der Waals surface area (Å²) >= 11 is 4.05. The number of benzene rings is 1. The van der Waals surface area contributed by atoms with Crippen LogP contribution in [0.2, 0.25) is 0 Å². The summed E-state index contributed by atoms with van der Waals surface area (Å²) in [7, 11) is 0. The molecule has 1 aromatic rings. The first-order valence-electron chi connectivity index (χ1n) is 5.28. The van der Waals surface area contributed by atoms with Crippen LogP contribution in [0.15, 0.2) is 24.3 Å². The van der Waals surface area contributed by atoms with Crippen LogP contribution in [0.3, 0.4) is 0 Å². The van der Waals surface area contributed by atoms with Gasteiger partial charge in [-0.2, -0.15) is 0 Å². The standard InChI is InChI=1S/C12H12I2O4/c13-7-1-2-10(15)18-9-5-3-8(4-6-9)11(14)12(16)17/h3-6,11H,1-2,7H2,(H,16,17). The molecule has 98 valence electrons. The van der Waals surface area contributed by atoms with Crippen LogP contribution in [0.25, 0.3) is 0 Å². The molecule has 0 saturated heterocycles. The van der Waals surface area contributed by atoms with Gasteiger partial charge in [0.1, 0.15) is 9.67 Å². The molecule has 1 N–H and O–H groups in total. The summed E-state index contributed by atoms with van der Waals surface area (Å²) in [4.78, 5) is 22.2. The molecule has 0 spiro atoms. The van der Waals surface area contributed by atoms with Crippen LogP contribution >= 0.6 is 45.2 Å². The molecular formula is C12H12I2O4. The zero-order valence-corrected chi connectivity index (χ0v) is 13.8. The fourth-order valence-electron chi connectivity index (χ4n) is 1.24. The van der Waals surface area contributed by atoms with E-state index >= 15 is 0 Å². The van der Waals surface area contributed by atoms with Gasteiger partial charge in [0.25, 0.3) is 0 Å². The average Bonchev–Trinajstić information content (AvgIpc) is 2.36. The monoisotopic (exact) mass is 474 g/mol. The number of rotatable bonds is 6. The van der Waals surface area contributed by atoms with Crippen molar-refractivity contribution < 1.29 is 19.4 Å². The summed E-state index contributed by atoms with van der Waals surface area (Å²) < 4.78 is 5.45. The molecule has 0 amide bonds. The van der Waals surface area contributed by atoms with Gasteiger partial charge < -0.3 is 9.84 Å². The van der Waals surface area contributed by atoms with Crippen molar-refractivity contribution >= 4 is 57.1 Å². The summed E-state index contributed by atoms with van der Waals surface area (Å²) in [6.45, 7) is 0. The van der Waals surface area contributed by atoms with Gasteiger partial charge in [0.05, 0.1) is 0 Å². The fourth-order valence-corrected chi connectivity index (χ4v) is 2.04. The molecule has 6 heteroatoms. The van der Waals surface area contributed by atoms with Crippen molar-refractivity contribution in [3.05, 3.63) is 29.8 Å². The molecule has 1 atom stereocenters. The molecule has 1 rings (SSSR count). The average molecular weight is 474 g/mol. The Morgan fingerprint density at radius 1 is 1.28 bits per heavy atom. The van der Waals surface area contributed by atoms with E-state index in [4.69, 9.17) is 9.84 Å². The number of alkyl halides is 2. The van der Waals surface area contributed by atoms with Crippen molar-refractivity contribution in [1.29, 1.82) is 0 Å². The van der Waals surface area contributed by atoms with E-state index in [1.165, 1.54) is 0 Å². The van der Waals surface area contributed by atoms with E-state index in [1.807, 2.05) is 22.6 Å². The Bertz CT molecular complexity index is 417. The van der Waals surface area contributed by atoms with Crippen LogP contribution in [0.1, 0.15) is 22.3 Å². The zero-order chi connectivity index (χ0) is 13.5. The minimum atomic E-state index is -0.887. The molecule has 0 aromatic heterocycles. The van der Waals surface area contributed by atoms with Gasteiger partial charge >= 0.3 is 11.9 Å². The molecule has 0 aliphatic heterocycles. The first-order chi connectivity index (χ1) is 8.54. The van der Waals surface area contributed by atoms with E-state index in [2.05, 4.69) is 22.6 Å². The molecular weight excluding hydrogens is 462 g/mol. The largest absolute Gasteiger partial charge is 0.480 e. The third kappa shape index (κ3) is 5.09. The molecule has 0 fully saturated rings.